The largest absolute Gasteiger partial charge is 0.517 e. The molecule has 26 heavy (non-hydrogen) atoms. The Labute approximate surface area is 165 Å². The molecule has 1 heterocycles. The van der Waals surface area contributed by atoms with E-state index in [9.17, 15) is 4.79 Å². The zero-order chi connectivity index (χ0) is 18.9. The number of halogens is 1. The zero-order valence-electron chi connectivity index (χ0n) is 14.7. The fourth-order valence-electron chi connectivity index (χ4n) is 2.14. The molecule has 138 valence electrons. The van der Waals surface area contributed by atoms with Gasteiger partial charge in [0, 0.05) is 30.7 Å². The molecule has 8 nitrogen and oxygen atoms in total. The molecule has 0 aliphatic carbocycles. The van der Waals surface area contributed by atoms with Crippen LogP contribution in [0.5, 0.6) is 0 Å². The van der Waals surface area contributed by atoms with Gasteiger partial charge in [-0.25, -0.2) is 10.3 Å². The highest BCUT2D eigenvalue weighted by Crippen LogP contribution is 2.21. The molecule has 0 unspecified atom stereocenters. The van der Waals surface area contributed by atoms with E-state index in [-0.39, 0.29) is 0 Å². The van der Waals surface area contributed by atoms with Gasteiger partial charge in [-0.05, 0) is 48.1 Å². The lowest BCUT2D eigenvalue weighted by atomic mass is 10.1. The molecule has 1 aromatic heterocycles. The number of carbonyl (C=O) groups is 1. The molecular formula is C17H22IN6O2+. The Hall–Kier alpha value is -2.27. The van der Waals surface area contributed by atoms with Crippen molar-refractivity contribution in [1.29, 1.82) is 5.41 Å². The highest BCUT2D eigenvalue weighted by atomic mass is 127. The van der Waals surface area contributed by atoms with Crippen LogP contribution in [0.25, 0.3) is 0 Å². The number of nitrogens with two attached hydrogens (primary N) is 1. The highest BCUT2D eigenvalue weighted by molar-refractivity contribution is 14.1. The number of hydrogen-bond donors (Lipinski definition) is 4. The number of nitrogens with one attached hydrogen (secondary N) is 3. The number of benzene rings is 1. The van der Waals surface area contributed by atoms with E-state index >= 15 is 0 Å². The van der Waals surface area contributed by atoms with Crippen LogP contribution < -0.4 is 16.0 Å². The highest BCUT2D eigenvalue weighted by Gasteiger charge is 2.14. The number of quaternary nitrogens is 1. The van der Waals surface area contributed by atoms with Crippen LogP contribution in [0.4, 0.5) is 27.9 Å². The number of nitrogens with zero attached hydrogens (tertiary/aromatic N) is 2. The summed E-state index contributed by atoms with van der Waals surface area (Å²) in [6, 6.07) is 5.32. The lowest BCUT2D eigenvalue weighted by Gasteiger charge is -2.10. The van der Waals surface area contributed by atoms with Crippen molar-refractivity contribution >= 4 is 58.0 Å². The lowest BCUT2D eigenvalue weighted by Crippen LogP contribution is -2.82. The number of hydrogen-bond acceptors (Lipinski definition) is 7. The number of anilines is 3. The van der Waals surface area contributed by atoms with Gasteiger partial charge in [-0.3, -0.25) is 0 Å². The van der Waals surface area contributed by atoms with Gasteiger partial charge in [-0.1, -0.05) is 6.92 Å². The molecule has 5 N–H and O–H groups in total. The number of amides is 1. The first-order chi connectivity index (χ1) is 12.6. The van der Waals surface area contributed by atoms with E-state index in [1.165, 1.54) is 11.5 Å². The second-order valence-electron chi connectivity index (χ2n) is 5.33. The number of primary amides is 1. The normalized spacial score (nSPS) is 10.3. The Morgan fingerprint density at radius 3 is 2.92 bits per heavy atom. The van der Waals surface area contributed by atoms with Crippen molar-refractivity contribution in [2.75, 3.05) is 23.8 Å². The molecule has 2 rings (SSSR count). The molecule has 0 aliphatic heterocycles. The van der Waals surface area contributed by atoms with Crippen LogP contribution in [-0.4, -0.2) is 35.4 Å². The van der Waals surface area contributed by atoms with E-state index in [1.54, 1.807) is 25.3 Å². The monoisotopic (exact) mass is 469 g/mol. The van der Waals surface area contributed by atoms with E-state index in [4.69, 9.17) is 10.1 Å². The van der Waals surface area contributed by atoms with E-state index in [0.717, 1.165) is 22.4 Å². The fourth-order valence-corrected chi connectivity index (χ4v) is 2.59. The predicted molar refractivity (Wildman–Crippen MR) is 110 cm³/mol. The predicted octanol–water partition coefficient (Wildman–Crippen LogP) is 3.00. The van der Waals surface area contributed by atoms with Crippen LogP contribution in [0.15, 0.2) is 24.4 Å². The quantitative estimate of drug-likeness (QED) is 0.268. The van der Waals surface area contributed by atoms with Crippen molar-refractivity contribution < 1.29 is 14.8 Å². The number of rotatable bonds is 8. The van der Waals surface area contributed by atoms with Crippen molar-refractivity contribution in [2.24, 2.45) is 0 Å². The van der Waals surface area contributed by atoms with Crippen LogP contribution in [0, 0.1) is 8.98 Å². The first-order valence-electron chi connectivity index (χ1n) is 8.26. The maximum atomic E-state index is 11.7. The van der Waals surface area contributed by atoms with E-state index in [1.807, 2.05) is 6.07 Å². The van der Waals surface area contributed by atoms with Crippen molar-refractivity contribution in [3.05, 3.63) is 33.5 Å². The molecule has 1 amide bonds. The summed E-state index contributed by atoms with van der Waals surface area (Å²) in [5, 5.41) is 15.3. The Kier molecular flexibility index (Phi) is 7.73. The molecule has 0 fully saturated rings. The number of ether oxygens (including phenoxy) is 1. The van der Waals surface area contributed by atoms with Gasteiger partial charge in [0.2, 0.25) is 5.95 Å². The average Bonchev–Trinajstić information content (AvgIpc) is 2.62. The van der Waals surface area contributed by atoms with Crippen molar-refractivity contribution in [3.8, 4) is 0 Å². The molecule has 0 bridgehead atoms. The number of aromatic nitrogens is 2. The molecule has 2 aromatic rings. The van der Waals surface area contributed by atoms with Crippen LogP contribution in [-0.2, 0) is 4.74 Å². The smallest absolute Gasteiger partial charge is 0.420 e. The minimum atomic E-state index is -0.440. The Morgan fingerprint density at radius 1 is 1.42 bits per heavy atom. The summed E-state index contributed by atoms with van der Waals surface area (Å²) >= 11 is 2.19. The summed E-state index contributed by atoms with van der Waals surface area (Å²) in [5.41, 5.74) is 1.93. The van der Waals surface area contributed by atoms with Crippen molar-refractivity contribution in [3.63, 3.8) is 0 Å². The summed E-state index contributed by atoms with van der Waals surface area (Å²) in [7, 11) is 0. The maximum absolute atomic E-state index is 11.7. The van der Waals surface area contributed by atoms with Gasteiger partial charge in [0.15, 0.2) is 5.69 Å². The fraction of sp³-hybridized carbons (Fsp3) is 0.294. The van der Waals surface area contributed by atoms with Crippen LogP contribution in [0.3, 0.4) is 0 Å². The van der Waals surface area contributed by atoms with E-state index in [0.29, 0.717) is 29.5 Å². The third-order valence-electron chi connectivity index (χ3n) is 3.34. The third-order valence-corrected chi connectivity index (χ3v) is 4.13. The molecule has 0 spiro atoms. The first kappa shape index (κ1) is 20.0. The van der Waals surface area contributed by atoms with Crippen LogP contribution in [0.2, 0.25) is 0 Å². The van der Waals surface area contributed by atoms with Crippen LogP contribution >= 0.6 is 22.6 Å². The van der Waals surface area contributed by atoms with Gasteiger partial charge in [-0.2, -0.15) is 9.78 Å². The molecule has 0 radical (unpaired) electrons. The van der Waals surface area contributed by atoms with Gasteiger partial charge < -0.3 is 20.8 Å². The Balaban J connectivity index is 2.21. The summed E-state index contributed by atoms with van der Waals surface area (Å²) in [6.45, 7) is 4.97. The molecule has 0 saturated heterocycles. The molecule has 9 heteroatoms. The summed E-state index contributed by atoms with van der Waals surface area (Å²) < 4.78 is 5.89. The first-order valence-corrected chi connectivity index (χ1v) is 9.34. The zero-order valence-corrected chi connectivity index (χ0v) is 16.8. The number of carbonyl (C=O) groups excluding carboxylic acids is 1. The van der Waals surface area contributed by atoms with Gasteiger partial charge in [0.05, 0.1) is 15.7 Å². The minimum absolute atomic E-state index is 0.303. The Bertz CT molecular complexity index is 784. The maximum Gasteiger partial charge on any atom is 0.517 e. The van der Waals surface area contributed by atoms with E-state index < -0.39 is 6.09 Å². The molecule has 1 aromatic carbocycles. The van der Waals surface area contributed by atoms with E-state index in [2.05, 4.69) is 50.1 Å². The second kappa shape index (κ2) is 10.0. The summed E-state index contributed by atoms with van der Waals surface area (Å²) in [5.74, 6) is 1.23. The summed E-state index contributed by atoms with van der Waals surface area (Å²) in [6.07, 6.45) is 3.50. The van der Waals surface area contributed by atoms with Crippen molar-refractivity contribution in [2.45, 2.75) is 20.3 Å². The SMILES string of the molecule is CCCNc1nc(Nc2ccc(C=N)c([NH2+]C(=O)OCC)c2)ncc1I. The van der Waals surface area contributed by atoms with Crippen LogP contribution in [0.1, 0.15) is 25.8 Å². The van der Waals surface area contributed by atoms with Gasteiger partial charge >= 0.3 is 6.09 Å². The lowest BCUT2D eigenvalue weighted by molar-refractivity contribution is -0.482. The topological polar surface area (TPSA) is 117 Å². The standard InChI is InChI=1S/C17H21IN6O2/c1-3-7-20-15-13(18)10-21-16(24-15)22-12-6-5-11(9-19)14(8-12)23-17(25)26-4-2/h5-6,8-10,19H,3-4,7H2,1-2H3,(H,23,25)(H2,20,21,22,24)/p+1. The molecule has 0 atom stereocenters. The van der Waals surface area contributed by atoms with Gasteiger partial charge in [0.1, 0.15) is 5.82 Å². The van der Waals surface area contributed by atoms with Gasteiger partial charge in [-0.15, -0.1) is 0 Å². The second-order valence-corrected chi connectivity index (χ2v) is 6.49. The summed E-state index contributed by atoms with van der Waals surface area (Å²) in [4.78, 5) is 20.5. The third kappa shape index (κ3) is 5.63. The van der Waals surface area contributed by atoms with Gasteiger partial charge in [0.25, 0.3) is 0 Å². The molecular weight excluding hydrogens is 447 g/mol. The van der Waals surface area contributed by atoms with Crippen molar-refractivity contribution in [1.82, 2.24) is 9.97 Å². The molecule has 0 aliphatic rings. The molecule has 0 saturated carbocycles. The minimum Gasteiger partial charge on any atom is -0.420 e. The average molecular weight is 469 g/mol. The Morgan fingerprint density at radius 2 is 2.23 bits per heavy atom.